The first-order valence-corrected chi connectivity index (χ1v) is 7.82. The maximum absolute atomic E-state index is 10.2. The maximum Gasteiger partial charge on any atom is 0.118 e. The minimum atomic E-state index is -0.374. The summed E-state index contributed by atoms with van der Waals surface area (Å²) in [7, 11) is 1.66. The van der Waals surface area contributed by atoms with Gasteiger partial charge in [0.05, 0.1) is 19.3 Å². The molecule has 22 heavy (non-hydrogen) atoms. The Labute approximate surface area is 136 Å². The van der Waals surface area contributed by atoms with Crippen LogP contribution >= 0.6 is 11.6 Å². The van der Waals surface area contributed by atoms with Gasteiger partial charge in [-0.2, -0.15) is 0 Å². The molecule has 3 nitrogen and oxygen atoms in total. The normalized spacial score (nSPS) is 22.9. The molecule has 1 fully saturated rings. The molecule has 1 N–H and O–H groups in total. The van der Waals surface area contributed by atoms with E-state index in [-0.39, 0.29) is 18.2 Å². The lowest BCUT2D eigenvalue weighted by Gasteiger charge is -2.49. The number of β-amino-alcohol motifs (C(OH)–C–C–N with tert-alkyl or cyclic N) is 1. The highest BCUT2D eigenvalue weighted by Crippen LogP contribution is 2.42. The van der Waals surface area contributed by atoms with E-state index in [0.29, 0.717) is 11.6 Å². The number of methoxy groups -OCH3 is 1. The number of nitrogens with zero attached hydrogens (tertiary/aromatic N) is 1. The monoisotopic (exact) mass is 317 g/mol. The standard InChI is InChI=1S/C18H20ClNO2/c1-12(13-7-9-14(22-2)10-8-13)20-11-17(21)18(20)15-5-3-4-6-16(15)19/h3-10,12,17-18,21H,11H2,1-2H3/t12-,17-,18-/m0/s1. The molecule has 0 bridgehead atoms. The largest absolute Gasteiger partial charge is 0.497 e. The molecule has 1 heterocycles. The summed E-state index contributed by atoms with van der Waals surface area (Å²) >= 11 is 6.30. The molecule has 1 aliphatic rings. The molecule has 3 rings (SSSR count). The van der Waals surface area contributed by atoms with Crippen LogP contribution in [0.5, 0.6) is 5.75 Å². The van der Waals surface area contributed by atoms with E-state index >= 15 is 0 Å². The number of halogens is 1. The summed E-state index contributed by atoms with van der Waals surface area (Å²) in [5.74, 6) is 0.849. The second-order valence-corrected chi connectivity index (χ2v) is 6.09. The molecule has 0 aliphatic carbocycles. The number of hydrogen-bond donors (Lipinski definition) is 1. The third kappa shape index (κ3) is 2.72. The summed E-state index contributed by atoms with van der Waals surface area (Å²) in [6.45, 7) is 2.81. The Morgan fingerprint density at radius 2 is 1.86 bits per heavy atom. The van der Waals surface area contributed by atoms with E-state index in [4.69, 9.17) is 16.3 Å². The molecule has 0 unspecified atom stereocenters. The molecule has 4 heteroatoms. The highest BCUT2D eigenvalue weighted by molar-refractivity contribution is 6.31. The summed E-state index contributed by atoms with van der Waals surface area (Å²) < 4.78 is 5.20. The van der Waals surface area contributed by atoms with Crippen LogP contribution in [0.25, 0.3) is 0 Å². The highest BCUT2D eigenvalue weighted by Gasteiger charge is 2.42. The molecule has 0 aromatic heterocycles. The van der Waals surface area contributed by atoms with Crippen molar-refractivity contribution in [1.29, 1.82) is 0 Å². The van der Waals surface area contributed by atoms with Gasteiger partial charge in [-0.3, -0.25) is 4.90 Å². The van der Waals surface area contributed by atoms with Gasteiger partial charge >= 0.3 is 0 Å². The van der Waals surface area contributed by atoms with E-state index in [1.165, 1.54) is 5.56 Å². The molecule has 0 radical (unpaired) electrons. The molecule has 3 atom stereocenters. The zero-order chi connectivity index (χ0) is 15.7. The predicted molar refractivity (Wildman–Crippen MR) is 88.3 cm³/mol. The van der Waals surface area contributed by atoms with E-state index < -0.39 is 0 Å². The molecule has 0 spiro atoms. The molecule has 2 aromatic rings. The van der Waals surface area contributed by atoms with E-state index in [2.05, 4.69) is 24.0 Å². The second-order valence-electron chi connectivity index (χ2n) is 5.68. The average Bonchev–Trinajstić information content (AvgIpc) is 2.54. The number of rotatable bonds is 4. The molecule has 0 amide bonds. The average molecular weight is 318 g/mol. The zero-order valence-corrected chi connectivity index (χ0v) is 13.5. The Kier molecular flexibility index (Phi) is 4.39. The van der Waals surface area contributed by atoms with Gasteiger partial charge in [-0.1, -0.05) is 41.9 Å². The van der Waals surface area contributed by atoms with Crippen molar-refractivity contribution < 1.29 is 9.84 Å². The van der Waals surface area contributed by atoms with Crippen LogP contribution in [-0.2, 0) is 0 Å². The Morgan fingerprint density at radius 3 is 2.45 bits per heavy atom. The van der Waals surface area contributed by atoms with Crippen molar-refractivity contribution in [1.82, 2.24) is 4.90 Å². The van der Waals surface area contributed by atoms with Gasteiger partial charge in [0.2, 0.25) is 0 Å². The number of hydrogen-bond acceptors (Lipinski definition) is 3. The van der Waals surface area contributed by atoms with Crippen LogP contribution < -0.4 is 4.74 Å². The summed E-state index contributed by atoms with van der Waals surface area (Å²) in [6, 6.07) is 16.0. The summed E-state index contributed by atoms with van der Waals surface area (Å²) in [4.78, 5) is 2.27. The van der Waals surface area contributed by atoms with Gasteiger partial charge in [0.1, 0.15) is 5.75 Å². The fraction of sp³-hybridized carbons (Fsp3) is 0.333. The van der Waals surface area contributed by atoms with Crippen LogP contribution in [-0.4, -0.2) is 29.8 Å². The molecular formula is C18H20ClNO2. The number of ether oxygens (including phenoxy) is 1. The molecule has 0 saturated carbocycles. The maximum atomic E-state index is 10.2. The van der Waals surface area contributed by atoms with Crippen molar-refractivity contribution in [2.45, 2.75) is 25.1 Å². The Morgan fingerprint density at radius 1 is 1.18 bits per heavy atom. The molecular weight excluding hydrogens is 298 g/mol. The SMILES string of the molecule is COc1ccc([C@H](C)N2C[C@H](O)[C@@H]2c2ccccc2Cl)cc1. The van der Waals surface area contributed by atoms with Crippen molar-refractivity contribution in [2.24, 2.45) is 0 Å². The molecule has 2 aromatic carbocycles. The number of likely N-dealkylation sites (tertiary alicyclic amines) is 1. The number of aliphatic hydroxyl groups excluding tert-OH is 1. The van der Waals surface area contributed by atoms with Crippen LogP contribution in [0.1, 0.15) is 30.1 Å². The quantitative estimate of drug-likeness (QED) is 0.930. The molecule has 116 valence electrons. The van der Waals surface area contributed by atoms with Crippen molar-refractivity contribution in [2.75, 3.05) is 13.7 Å². The lowest BCUT2D eigenvalue weighted by Crippen LogP contribution is -2.54. The number of aliphatic hydroxyl groups is 1. The second kappa shape index (κ2) is 6.29. The zero-order valence-electron chi connectivity index (χ0n) is 12.7. The van der Waals surface area contributed by atoms with Gasteiger partial charge in [-0.15, -0.1) is 0 Å². The Hall–Kier alpha value is -1.55. The summed E-state index contributed by atoms with van der Waals surface area (Å²) in [5.41, 5.74) is 2.19. The summed E-state index contributed by atoms with van der Waals surface area (Å²) in [5, 5.41) is 10.9. The third-order valence-corrected chi connectivity index (χ3v) is 4.78. The lowest BCUT2D eigenvalue weighted by molar-refractivity contribution is -0.0853. The first kappa shape index (κ1) is 15.3. The van der Waals surface area contributed by atoms with Crippen LogP contribution in [0, 0.1) is 0 Å². The lowest BCUT2D eigenvalue weighted by atomic mass is 9.88. The van der Waals surface area contributed by atoms with Gasteiger partial charge in [-0.05, 0) is 36.2 Å². The third-order valence-electron chi connectivity index (χ3n) is 4.44. The van der Waals surface area contributed by atoms with Gasteiger partial charge in [0, 0.05) is 17.6 Å². The Balaban J connectivity index is 1.83. The highest BCUT2D eigenvalue weighted by atomic mass is 35.5. The van der Waals surface area contributed by atoms with Crippen molar-refractivity contribution in [3.05, 3.63) is 64.7 Å². The van der Waals surface area contributed by atoms with Gasteiger partial charge in [-0.25, -0.2) is 0 Å². The molecule has 1 aliphatic heterocycles. The first-order valence-electron chi connectivity index (χ1n) is 7.44. The number of benzene rings is 2. The van der Waals surface area contributed by atoms with Crippen LogP contribution in [0.4, 0.5) is 0 Å². The van der Waals surface area contributed by atoms with Crippen molar-refractivity contribution in [3.63, 3.8) is 0 Å². The minimum absolute atomic E-state index is 0.0502. The van der Waals surface area contributed by atoms with E-state index in [1.54, 1.807) is 7.11 Å². The molecule has 1 saturated heterocycles. The smallest absolute Gasteiger partial charge is 0.118 e. The van der Waals surface area contributed by atoms with Crippen LogP contribution in [0.2, 0.25) is 5.02 Å². The van der Waals surface area contributed by atoms with Crippen LogP contribution in [0.15, 0.2) is 48.5 Å². The first-order chi connectivity index (χ1) is 10.6. The van der Waals surface area contributed by atoms with Crippen LogP contribution in [0.3, 0.4) is 0 Å². The van der Waals surface area contributed by atoms with E-state index in [9.17, 15) is 5.11 Å². The topological polar surface area (TPSA) is 32.7 Å². The van der Waals surface area contributed by atoms with E-state index in [0.717, 1.165) is 11.3 Å². The van der Waals surface area contributed by atoms with Crippen molar-refractivity contribution in [3.8, 4) is 5.75 Å². The van der Waals surface area contributed by atoms with E-state index in [1.807, 2.05) is 36.4 Å². The fourth-order valence-electron chi connectivity index (χ4n) is 3.09. The fourth-order valence-corrected chi connectivity index (χ4v) is 3.33. The summed E-state index contributed by atoms with van der Waals surface area (Å²) in [6.07, 6.45) is -0.374. The van der Waals surface area contributed by atoms with Gasteiger partial charge in [0.15, 0.2) is 0 Å². The van der Waals surface area contributed by atoms with Gasteiger partial charge in [0.25, 0.3) is 0 Å². The predicted octanol–water partition coefficient (Wildman–Crippen LogP) is 3.83. The minimum Gasteiger partial charge on any atom is -0.497 e. The van der Waals surface area contributed by atoms with Crippen molar-refractivity contribution >= 4 is 11.6 Å². The van der Waals surface area contributed by atoms with Gasteiger partial charge < -0.3 is 9.84 Å². The Bertz CT molecular complexity index is 644.